The van der Waals surface area contributed by atoms with Gasteiger partial charge in [0, 0.05) is 30.9 Å². The molecule has 0 amide bonds. The van der Waals surface area contributed by atoms with Gasteiger partial charge in [-0.2, -0.15) is 0 Å². The third kappa shape index (κ3) is 2.84. The summed E-state index contributed by atoms with van der Waals surface area (Å²) in [6.07, 6.45) is 5.48. The lowest BCUT2D eigenvalue weighted by Gasteiger charge is -2.32. The summed E-state index contributed by atoms with van der Waals surface area (Å²) >= 11 is 0. The van der Waals surface area contributed by atoms with Gasteiger partial charge < -0.3 is 10.6 Å². The first-order chi connectivity index (χ1) is 9.75. The molecule has 2 atom stereocenters. The van der Waals surface area contributed by atoms with Crippen LogP contribution < -0.4 is 10.6 Å². The molecule has 3 heteroatoms. The fraction of sp³-hybridized carbons (Fsp3) is 0.647. The van der Waals surface area contributed by atoms with Crippen molar-refractivity contribution in [3.63, 3.8) is 0 Å². The molecule has 1 unspecified atom stereocenters. The third-order valence-corrected chi connectivity index (χ3v) is 4.84. The molecule has 0 spiro atoms. The van der Waals surface area contributed by atoms with Crippen LogP contribution in [0.25, 0.3) is 0 Å². The van der Waals surface area contributed by atoms with Crippen molar-refractivity contribution in [1.82, 2.24) is 4.90 Å². The fourth-order valence-electron chi connectivity index (χ4n) is 3.70. The van der Waals surface area contributed by atoms with Crippen molar-refractivity contribution in [2.45, 2.75) is 44.7 Å². The zero-order chi connectivity index (χ0) is 13.9. The molecule has 0 bridgehead atoms. The number of nitrogens with zero attached hydrogens (tertiary/aromatic N) is 2. The Labute approximate surface area is 122 Å². The van der Waals surface area contributed by atoms with E-state index in [1.54, 1.807) is 0 Å². The van der Waals surface area contributed by atoms with Crippen LogP contribution in [-0.2, 0) is 0 Å². The minimum atomic E-state index is 0.111. The SMILES string of the molecule is C[C@@H](N)c1ccccc1N1CCC(N2CCCCC2)C1. The number of piperidine rings is 1. The van der Waals surface area contributed by atoms with E-state index in [-0.39, 0.29) is 6.04 Å². The van der Waals surface area contributed by atoms with Gasteiger partial charge in [-0.3, -0.25) is 4.90 Å². The predicted molar refractivity (Wildman–Crippen MR) is 85.1 cm³/mol. The summed E-state index contributed by atoms with van der Waals surface area (Å²) in [6, 6.07) is 9.50. The molecular weight excluding hydrogens is 246 g/mol. The number of nitrogens with two attached hydrogens (primary N) is 1. The Kier molecular flexibility index (Phi) is 4.27. The van der Waals surface area contributed by atoms with Gasteiger partial charge in [0.05, 0.1) is 0 Å². The van der Waals surface area contributed by atoms with Gasteiger partial charge in [0.15, 0.2) is 0 Å². The highest BCUT2D eigenvalue weighted by Crippen LogP contribution is 2.30. The summed E-state index contributed by atoms with van der Waals surface area (Å²) in [7, 11) is 0. The fourth-order valence-corrected chi connectivity index (χ4v) is 3.70. The molecule has 1 aromatic carbocycles. The Balaban J connectivity index is 1.70. The maximum atomic E-state index is 6.12. The van der Waals surface area contributed by atoms with Crippen molar-refractivity contribution >= 4 is 5.69 Å². The van der Waals surface area contributed by atoms with Crippen molar-refractivity contribution in [1.29, 1.82) is 0 Å². The largest absolute Gasteiger partial charge is 0.370 e. The molecule has 2 aliphatic rings. The van der Waals surface area contributed by atoms with E-state index in [0.29, 0.717) is 0 Å². The molecule has 2 N–H and O–H groups in total. The van der Waals surface area contributed by atoms with Crippen molar-refractivity contribution < 1.29 is 0 Å². The third-order valence-electron chi connectivity index (χ3n) is 4.84. The van der Waals surface area contributed by atoms with Crippen LogP contribution >= 0.6 is 0 Å². The van der Waals surface area contributed by atoms with Gasteiger partial charge in [0.25, 0.3) is 0 Å². The zero-order valence-electron chi connectivity index (χ0n) is 12.6. The lowest BCUT2D eigenvalue weighted by atomic mass is 10.1. The van der Waals surface area contributed by atoms with Crippen LogP contribution in [0.5, 0.6) is 0 Å². The van der Waals surface area contributed by atoms with Crippen LogP contribution in [0.15, 0.2) is 24.3 Å². The summed E-state index contributed by atoms with van der Waals surface area (Å²) < 4.78 is 0. The van der Waals surface area contributed by atoms with Crippen LogP contribution in [0, 0.1) is 0 Å². The van der Waals surface area contributed by atoms with E-state index in [4.69, 9.17) is 5.73 Å². The lowest BCUT2D eigenvalue weighted by molar-refractivity contribution is 0.175. The van der Waals surface area contributed by atoms with Gasteiger partial charge in [-0.15, -0.1) is 0 Å². The molecule has 3 nitrogen and oxygen atoms in total. The Hall–Kier alpha value is -1.06. The zero-order valence-corrected chi connectivity index (χ0v) is 12.6. The van der Waals surface area contributed by atoms with E-state index in [9.17, 15) is 0 Å². The number of para-hydroxylation sites is 1. The van der Waals surface area contributed by atoms with Gasteiger partial charge in [0.1, 0.15) is 0 Å². The first-order valence-electron chi connectivity index (χ1n) is 8.09. The van der Waals surface area contributed by atoms with Crippen molar-refractivity contribution in [3.8, 4) is 0 Å². The minimum absolute atomic E-state index is 0.111. The molecule has 2 aliphatic heterocycles. The summed E-state index contributed by atoms with van der Waals surface area (Å²) in [5, 5.41) is 0. The van der Waals surface area contributed by atoms with Crippen molar-refractivity contribution in [2.75, 3.05) is 31.1 Å². The predicted octanol–water partition coefficient (Wildman–Crippen LogP) is 2.77. The van der Waals surface area contributed by atoms with Gasteiger partial charge >= 0.3 is 0 Å². The van der Waals surface area contributed by atoms with E-state index in [2.05, 4.69) is 41.0 Å². The molecule has 2 fully saturated rings. The number of hydrogen-bond donors (Lipinski definition) is 1. The molecule has 2 saturated heterocycles. The van der Waals surface area contributed by atoms with Crippen LogP contribution in [0.4, 0.5) is 5.69 Å². The first kappa shape index (κ1) is 13.9. The lowest BCUT2D eigenvalue weighted by Crippen LogP contribution is -2.41. The van der Waals surface area contributed by atoms with Crippen molar-refractivity contribution in [2.24, 2.45) is 5.73 Å². The summed E-state index contributed by atoms with van der Waals surface area (Å²) in [4.78, 5) is 5.25. The van der Waals surface area contributed by atoms with E-state index in [1.807, 2.05) is 0 Å². The Bertz CT molecular complexity index is 438. The number of rotatable bonds is 3. The number of hydrogen-bond acceptors (Lipinski definition) is 3. The van der Waals surface area contributed by atoms with Gasteiger partial charge in [-0.1, -0.05) is 24.6 Å². The topological polar surface area (TPSA) is 32.5 Å². The molecule has 1 aromatic rings. The summed E-state index contributed by atoms with van der Waals surface area (Å²) in [5.41, 5.74) is 8.76. The highest BCUT2D eigenvalue weighted by atomic mass is 15.3. The maximum absolute atomic E-state index is 6.12. The van der Waals surface area contributed by atoms with Crippen LogP contribution in [-0.4, -0.2) is 37.1 Å². The molecule has 0 saturated carbocycles. The maximum Gasteiger partial charge on any atom is 0.0415 e. The van der Waals surface area contributed by atoms with Crippen LogP contribution in [0.1, 0.15) is 44.2 Å². The highest BCUT2D eigenvalue weighted by molar-refractivity contribution is 5.55. The summed E-state index contributed by atoms with van der Waals surface area (Å²) in [5.74, 6) is 0. The Morgan fingerprint density at radius 3 is 2.60 bits per heavy atom. The van der Waals surface area contributed by atoms with E-state index >= 15 is 0 Å². The molecular formula is C17H27N3. The van der Waals surface area contributed by atoms with Gasteiger partial charge in [0.2, 0.25) is 0 Å². The van der Waals surface area contributed by atoms with E-state index < -0.39 is 0 Å². The normalized spacial score (nSPS) is 25.9. The van der Waals surface area contributed by atoms with Gasteiger partial charge in [-0.05, 0) is 50.9 Å². The smallest absolute Gasteiger partial charge is 0.0415 e. The van der Waals surface area contributed by atoms with E-state index in [1.165, 1.54) is 63.1 Å². The second-order valence-electron chi connectivity index (χ2n) is 6.33. The van der Waals surface area contributed by atoms with E-state index in [0.717, 1.165) is 6.04 Å². The van der Waals surface area contributed by atoms with Crippen LogP contribution in [0.3, 0.4) is 0 Å². The molecule has 2 heterocycles. The first-order valence-corrected chi connectivity index (χ1v) is 8.09. The summed E-state index contributed by atoms with van der Waals surface area (Å²) in [6.45, 7) is 7.02. The average Bonchev–Trinajstić information content (AvgIpc) is 2.98. The Morgan fingerprint density at radius 2 is 1.85 bits per heavy atom. The number of likely N-dealkylation sites (tertiary alicyclic amines) is 1. The second kappa shape index (κ2) is 6.15. The monoisotopic (exact) mass is 273 g/mol. The van der Waals surface area contributed by atoms with Crippen LogP contribution in [0.2, 0.25) is 0 Å². The number of benzene rings is 1. The van der Waals surface area contributed by atoms with Crippen molar-refractivity contribution in [3.05, 3.63) is 29.8 Å². The molecule has 20 heavy (non-hydrogen) atoms. The molecule has 3 rings (SSSR count). The average molecular weight is 273 g/mol. The molecule has 0 aromatic heterocycles. The molecule has 110 valence electrons. The van der Waals surface area contributed by atoms with Gasteiger partial charge in [-0.25, -0.2) is 0 Å². The minimum Gasteiger partial charge on any atom is -0.370 e. The standard InChI is InChI=1S/C17H27N3/c1-14(18)16-7-3-4-8-17(16)20-12-9-15(13-20)19-10-5-2-6-11-19/h3-4,7-8,14-15H,2,5-6,9-13,18H2,1H3/t14-,15?/m1/s1. The second-order valence-corrected chi connectivity index (χ2v) is 6.33. The number of anilines is 1. The molecule has 0 radical (unpaired) electrons. The quantitative estimate of drug-likeness (QED) is 0.919. The molecule has 0 aliphatic carbocycles. The highest BCUT2D eigenvalue weighted by Gasteiger charge is 2.29. The Morgan fingerprint density at radius 1 is 1.10 bits per heavy atom.